The number of nitrogens with zero attached hydrogens (tertiary/aromatic N) is 2. The molecule has 0 radical (unpaired) electrons. The highest BCUT2D eigenvalue weighted by Gasteiger charge is 2.30. The summed E-state index contributed by atoms with van der Waals surface area (Å²) in [4.78, 5) is 6.54. The maximum Gasteiger partial charge on any atom is 0.0271 e. The standard InChI is InChI=1S/C16H26N2S/c1-18(12-15-6-10-17-11-7-15)13-16(14-19)8-4-2-3-5-9-16/h6-7,10-11,19H,2-5,8-9,12-14H2,1H3. The van der Waals surface area contributed by atoms with Crippen LogP contribution in [0.15, 0.2) is 24.5 Å². The van der Waals surface area contributed by atoms with Gasteiger partial charge < -0.3 is 4.90 Å². The van der Waals surface area contributed by atoms with Crippen molar-refractivity contribution in [3.8, 4) is 0 Å². The summed E-state index contributed by atoms with van der Waals surface area (Å²) in [6.45, 7) is 2.18. The van der Waals surface area contributed by atoms with E-state index in [0.717, 1.165) is 12.3 Å². The Kier molecular flexibility index (Phi) is 5.71. The van der Waals surface area contributed by atoms with E-state index < -0.39 is 0 Å². The molecule has 1 aromatic rings. The van der Waals surface area contributed by atoms with Crippen molar-refractivity contribution >= 4 is 12.6 Å². The predicted molar refractivity (Wildman–Crippen MR) is 84.6 cm³/mol. The molecule has 2 rings (SSSR count). The van der Waals surface area contributed by atoms with Gasteiger partial charge in [0.25, 0.3) is 0 Å². The minimum absolute atomic E-state index is 0.432. The molecular formula is C16H26N2S. The van der Waals surface area contributed by atoms with Crippen LogP contribution >= 0.6 is 12.6 Å². The second-order valence-electron chi connectivity index (χ2n) is 6.10. The monoisotopic (exact) mass is 278 g/mol. The molecule has 0 N–H and O–H groups in total. The van der Waals surface area contributed by atoms with Crippen LogP contribution in [-0.2, 0) is 6.54 Å². The van der Waals surface area contributed by atoms with E-state index in [0.29, 0.717) is 5.41 Å². The highest BCUT2D eigenvalue weighted by atomic mass is 32.1. The lowest BCUT2D eigenvalue weighted by Gasteiger charge is -2.35. The molecule has 1 saturated carbocycles. The fourth-order valence-corrected chi connectivity index (χ4v) is 3.69. The van der Waals surface area contributed by atoms with E-state index in [4.69, 9.17) is 0 Å². The molecule has 0 amide bonds. The normalized spacial score (nSPS) is 19.3. The molecule has 3 heteroatoms. The Labute approximate surface area is 123 Å². The second kappa shape index (κ2) is 7.30. The molecule has 106 valence electrons. The molecule has 19 heavy (non-hydrogen) atoms. The average molecular weight is 278 g/mol. The summed E-state index contributed by atoms with van der Waals surface area (Å²) in [7, 11) is 2.23. The maximum atomic E-state index is 4.66. The van der Waals surface area contributed by atoms with Gasteiger partial charge in [-0.2, -0.15) is 12.6 Å². The quantitative estimate of drug-likeness (QED) is 0.651. The Morgan fingerprint density at radius 1 is 1.16 bits per heavy atom. The largest absolute Gasteiger partial charge is 0.302 e. The van der Waals surface area contributed by atoms with E-state index in [-0.39, 0.29) is 0 Å². The summed E-state index contributed by atoms with van der Waals surface area (Å²) in [6.07, 6.45) is 12.0. The fourth-order valence-electron chi connectivity index (χ4n) is 3.27. The van der Waals surface area contributed by atoms with E-state index in [9.17, 15) is 0 Å². The first-order chi connectivity index (χ1) is 9.24. The zero-order valence-corrected chi connectivity index (χ0v) is 12.9. The van der Waals surface area contributed by atoms with Gasteiger partial charge in [-0.1, -0.05) is 25.7 Å². The predicted octanol–water partition coefficient (Wildman–Crippen LogP) is 3.78. The van der Waals surface area contributed by atoms with Gasteiger partial charge in [0.2, 0.25) is 0 Å². The minimum Gasteiger partial charge on any atom is -0.302 e. The molecule has 0 aromatic carbocycles. The molecule has 1 aromatic heterocycles. The average Bonchev–Trinajstić information content (AvgIpc) is 2.66. The number of hydrogen-bond donors (Lipinski definition) is 1. The van der Waals surface area contributed by atoms with Gasteiger partial charge in [0, 0.05) is 25.5 Å². The number of rotatable bonds is 5. The number of thiol groups is 1. The van der Waals surface area contributed by atoms with Crippen molar-refractivity contribution in [2.75, 3.05) is 19.3 Å². The highest BCUT2D eigenvalue weighted by Crippen LogP contribution is 2.36. The van der Waals surface area contributed by atoms with Crippen LogP contribution in [0.5, 0.6) is 0 Å². The molecule has 0 atom stereocenters. The Hall–Kier alpha value is -0.540. The van der Waals surface area contributed by atoms with Crippen molar-refractivity contribution in [1.82, 2.24) is 9.88 Å². The molecule has 0 spiro atoms. The zero-order valence-electron chi connectivity index (χ0n) is 12.0. The van der Waals surface area contributed by atoms with Gasteiger partial charge in [0.1, 0.15) is 0 Å². The van der Waals surface area contributed by atoms with Crippen LogP contribution in [0.2, 0.25) is 0 Å². The molecule has 1 aliphatic rings. The smallest absolute Gasteiger partial charge is 0.0271 e. The molecule has 0 bridgehead atoms. The van der Waals surface area contributed by atoms with Crippen molar-refractivity contribution in [3.63, 3.8) is 0 Å². The van der Waals surface area contributed by atoms with Gasteiger partial charge in [-0.15, -0.1) is 0 Å². The molecular weight excluding hydrogens is 252 g/mol. The van der Waals surface area contributed by atoms with E-state index in [2.05, 4.69) is 41.7 Å². The van der Waals surface area contributed by atoms with E-state index in [1.807, 2.05) is 12.4 Å². The molecule has 0 unspecified atom stereocenters. The van der Waals surface area contributed by atoms with Crippen LogP contribution in [-0.4, -0.2) is 29.2 Å². The molecule has 1 heterocycles. The zero-order chi connectivity index (χ0) is 13.6. The third-order valence-electron chi connectivity index (χ3n) is 4.31. The van der Waals surface area contributed by atoms with Gasteiger partial charge >= 0.3 is 0 Å². The number of hydrogen-bond acceptors (Lipinski definition) is 3. The third-order valence-corrected chi connectivity index (χ3v) is 4.98. The van der Waals surface area contributed by atoms with Crippen LogP contribution in [0.1, 0.15) is 44.1 Å². The minimum atomic E-state index is 0.432. The topological polar surface area (TPSA) is 16.1 Å². The number of pyridine rings is 1. The first kappa shape index (κ1) is 14.9. The van der Waals surface area contributed by atoms with E-state index in [1.165, 1.54) is 50.6 Å². The van der Waals surface area contributed by atoms with Crippen molar-refractivity contribution in [2.45, 2.75) is 45.1 Å². The fraction of sp³-hybridized carbons (Fsp3) is 0.688. The molecule has 0 aliphatic heterocycles. The summed E-state index contributed by atoms with van der Waals surface area (Å²) in [5, 5.41) is 0. The summed E-state index contributed by atoms with van der Waals surface area (Å²) in [5.74, 6) is 1.02. The second-order valence-corrected chi connectivity index (χ2v) is 6.42. The summed E-state index contributed by atoms with van der Waals surface area (Å²) in [6, 6.07) is 4.22. The van der Waals surface area contributed by atoms with Crippen molar-refractivity contribution in [2.24, 2.45) is 5.41 Å². The van der Waals surface area contributed by atoms with Crippen molar-refractivity contribution in [3.05, 3.63) is 30.1 Å². The Bertz CT molecular complexity index is 358. The summed E-state index contributed by atoms with van der Waals surface area (Å²) < 4.78 is 0. The summed E-state index contributed by atoms with van der Waals surface area (Å²) in [5.41, 5.74) is 1.78. The van der Waals surface area contributed by atoms with Crippen LogP contribution < -0.4 is 0 Å². The Balaban J connectivity index is 1.93. The lowest BCUT2D eigenvalue weighted by atomic mass is 9.81. The summed E-state index contributed by atoms with van der Waals surface area (Å²) >= 11 is 4.66. The van der Waals surface area contributed by atoms with Crippen LogP contribution in [0.3, 0.4) is 0 Å². The lowest BCUT2D eigenvalue weighted by molar-refractivity contribution is 0.170. The Morgan fingerprint density at radius 2 is 1.79 bits per heavy atom. The van der Waals surface area contributed by atoms with Gasteiger partial charge in [-0.25, -0.2) is 0 Å². The van der Waals surface area contributed by atoms with Crippen LogP contribution in [0, 0.1) is 5.41 Å². The van der Waals surface area contributed by atoms with Gasteiger partial charge in [0.05, 0.1) is 0 Å². The van der Waals surface area contributed by atoms with Crippen LogP contribution in [0.25, 0.3) is 0 Å². The molecule has 2 nitrogen and oxygen atoms in total. The lowest BCUT2D eigenvalue weighted by Crippen LogP contribution is -2.36. The Morgan fingerprint density at radius 3 is 2.37 bits per heavy atom. The van der Waals surface area contributed by atoms with Crippen LogP contribution in [0.4, 0.5) is 0 Å². The molecule has 0 saturated heterocycles. The maximum absolute atomic E-state index is 4.66. The van der Waals surface area contributed by atoms with E-state index >= 15 is 0 Å². The number of aromatic nitrogens is 1. The van der Waals surface area contributed by atoms with Gasteiger partial charge in [-0.05, 0) is 48.8 Å². The highest BCUT2D eigenvalue weighted by molar-refractivity contribution is 7.80. The molecule has 1 fully saturated rings. The molecule has 1 aliphatic carbocycles. The van der Waals surface area contributed by atoms with Gasteiger partial charge in [0.15, 0.2) is 0 Å². The van der Waals surface area contributed by atoms with Gasteiger partial charge in [-0.3, -0.25) is 4.98 Å². The van der Waals surface area contributed by atoms with Crippen molar-refractivity contribution in [1.29, 1.82) is 0 Å². The van der Waals surface area contributed by atoms with Crippen molar-refractivity contribution < 1.29 is 0 Å². The SMILES string of the molecule is CN(Cc1ccncc1)CC1(CS)CCCCCC1. The third kappa shape index (κ3) is 4.50. The van der Waals surface area contributed by atoms with E-state index in [1.54, 1.807) is 0 Å². The first-order valence-electron chi connectivity index (χ1n) is 7.42. The first-order valence-corrected chi connectivity index (χ1v) is 8.06.